The van der Waals surface area contributed by atoms with Crippen LogP contribution in [0.15, 0.2) is 30.3 Å². The van der Waals surface area contributed by atoms with E-state index in [1.54, 1.807) is 44.4 Å². The van der Waals surface area contributed by atoms with Gasteiger partial charge in [-0.25, -0.2) is 14.8 Å². The van der Waals surface area contributed by atoms with Gasteiger partial charge in [-0.3, -0.25) is 5.32 Å². The number of ether oxygens (including phenoxy) is 1. The lowest BCUT2D eigenvalue weighted by atomic mass is 10.3. The summed E-state index contributed by atoms with van der Waals surface area (Å²) < 4.78 is 5.07. The zero-order valence-electron chi connectivity index (χ0n) is 11.0. The van der Waals surface area contributed by atoms with Crippen molar-refractivity contribution < 1.29 is 9.53 Å². The molecule has 0 fully saturated rings. The topological polar surface area (TPSA) is 76.1 Å². The number of methoxy groups -OCH3 is 1. The maximum atomic E-state index is 11.8. The molecule has 0 atom stereocenters. The van der Waals surface area contributed by atoms with Crippen LogP contribution < -0.4 is 15.4 Å². The molecule has 0 saturated carbocycles. The first kappa shape index (κ1) is 14.1. The van der Waals surface area contributed by atoms with Crippen LogP contribution in [0.2, 0.25) is 5.15 Å². The van der Waals surface area contributed by atoms with E-state index in [0.717, 1.165) is 0 Å². The van der Waals surface area contributed by atoms with Gasteiger partial charge in [0, 0.05) is 17.4 Å². The Morgan fingerprint density at radius 1 is 1.25 bits per heavy atom. The second-order valence-corrected chi connectivity index (χ2v) is 4.35. The highest BCUT2D eigenvalue weighted by atomic mass is 35.5. The van der Waals surface area contributed by atoms with Gasteiger partial charge in [0.25, 0.3) is 0 Å². The smallest absolute Gasteiger partial charge is 0.326 e. The molecule has 104 valence electrons. The summed E-state index contributed by atoms with van der Waals surface area (Å²) in [6.45, 7) is 1.76. The third kappa shape index (κ3) is 3.83. The summed E-state index contributed by atoms with van der Waals surface area (Å²) in [7, 11) is 1.56. The molecule has 2 N–H and O–H groups in total. The predicted octanol–water partition coefficient (Wildman–Crippen LogP) is 3.09. The van der Waals surface area contributed by atoms with Crippen LogP contribution >= 0.6 is 11.6 Å². The highest BCUT2D eigenvalue weighted by molar-refractivity contribution is 6.29. The summed E-state index contributed by atoms with van der Waals surface area (Å²) in [5.41, 5.74) is 1.27. The Bertz CT molecular complexity index is 613. The third-order valence-corrected chi connectivity index (χ3v) is 2.57. The van der Waals surface area contributed by atoms with Gasteiger partial charge in [0.05, 0.1) is 7.11 Å². The number of nitrogens with one attached hydrogen (secondary N) is 2. The molecule has 6 nitrogen and oxygen atoms in total. The van der Waals surface area contributed by atoms with Crippen molar-refractivity contribution >= 4 is 29.3 Å². The monoisotopic (exact) mass is 292 g/mol. The van der Waals surface area contributed by atoms with Crippen LogP contribution in [0.25, 0.3) is 0 Å². The Kier molecular flexibility index (Phi) is 4.37. The fourth-order valence-electron chi connectivity index (χ4n) is 1.55. The lowest BCUT2D eigenvalue weighted by Gasteiger charge is -2.08. The SMILES string of the molecule is COc1cccc(NC(=O)Nc2nc(C)cc(Cl)n2)c1. The lowest BCUT2D eigenvalue weighted by Crippen LogP contribution is -2.21. The minimum absolute atomic E-state index is 0.149. The normalized spacial score (nSPS) is 9.95. The van der Waals surface area contributed by atoms with Gasteiger partial charge in [0.15, 0.2) is 0 Å². The number of aryl methyl sites for hydroxylation is 1. The second-order valence-electron chi connectivity index (χ2n) is 3.97. The van der Waals surface area contributed by atoms with Crippen LogP contribution in [-0.2, 0) is 0 Å². The van der Waals surface area contributed by atoms with Gasteiger partial charge < -0.3 is 10.1 Å². The first-order chi connectivity index (χ1) is 9.56. The predicted molar refractivity (Wildman–Crippen MR) is 77.4 cm³/mol. The average molecular weight is 293 g/mol. The molecule has 0 unspecified atom stereocenters. The summed E-state index contributed by atoms with van der Waals surface area (Å²) in [5.74, 6) is 0.799. The van der Waals surface area contributed by atoms with Gasteiger partial charge in [-0.2, -0.15) is 0 Å². The van der Waals surface area contributed by atoms with Crippen LogP contribution in [0.4, 0.5) is 16.4 Å². The quantitative estimate of drug-likeness (QED) is 0.852. The molecular formula is C13H13ClN4O2. The van der Waals surface area contributed by atoms with Gasteiger partial charge in [-0.15, -0.1) is 0 Å². The summed E-state index contributed by atoms with van der Waals surface area (Å²) in [4.78, 5) is 19.8. The molecule has 0 aliphatic carbocycles. The largest absolute Gasteiger partial charge is 0.497 e. The first-order valence-corrected chi connectivity index (χ1v) is 6.18. The molecule has 0 bridgehead atoms. The van der Waals surface area contributed by atoms with Gasteiger partial charge in [0.2, 0.25) is 5.95 Å². The van der Waals surface area contributed by atoms with E-state index >= 15 is 0 Å². The summed E-state index contributed by atoms with van der Waals surface area (Å²) in [6.07, 6.45) is 0. The number of hydrogen-bond acceptors (Lipinski definition) is 4. The Labute approximate surface area is 121 Å². The van der Waals surface area contributed by atoms with E-state index in [-0.39, 0.29) is 11.1 Å². The standard InChI is InChI=1S/C13H13ClN4O2/c1-8-6-11(14)17-12(15-8)18-13(19)16-9-4-3-5-10(7-9)20-2/h3-7H,1-2H3,(H2,15,16,17,18,19). The van der Waals surface area contributed by atoms with E-state index in [2.05, 4.69) is 20.6 Å². The van der Waals surface area contributed by atoms with E-state index < -0.39 is 6.03 Å². The fraction of sp³-hybridized carbons (Fsp3) is 0.154. The molecule has 2 rings (SSSR count). The number of urea groups is 1. The molecule has 0 aliphatic heterocycles. The minimum Gasteiger partial charge on any atom is -0.497 e. The Morgan fingerprint density at radius 2 is 2.05 bits per heavy atom. The second kappa shape index (κ2) is 6.21. The third-order valence-electron chi connectivity index (χ3n) is 2.38. The molecule has 0 spiro atoms. The first-order valence-electron chi connectivity index (χ1n) is 5.80. The molecule has 20 heavy (non-hydrogen) atoms. The van der Waals surface area contributed by atoms with Crippen LogP contribution in [0.3, 0.4) is 0 Å². The summed E-state index contributed by atoms with van der Waals surface area (Å²) in [5, 5.41) is 5.44. The van der Waals surface area contributed by atoms with Gasteiger partial charge in [-0.1, -0.05) is 17.7 Å². The van der Waals surface area contributed by atoms with Crippen LogP contribution in [-0.4, -0.2) is 23.1 Å². The van der Waals surface area contributed by atoms with Crippen LogP contribution in [0.5, 0.6) is 5.75 Å². The van der Waals surface area contributed by atoms with E-state index in [0.29, 0.717) is 17.1 Å². The lowest BCUT2D eigenvalue weighted by molar-refractivity contribution is 0.262. The molecule has 0 aliphatic rings. The number of amides is 2. The molecule has 0 saturated heterocycles. The molecule has 2 aromatic rings. The molecule has 7 heteroatoms. The number of carbonyl (C=O) groups is 1. The van der Waals surface area contributed by atoms with Gasteiger partial charge in [-0.05, 0) is 25.1 Å². The molecular weight excluding hydrogens is 280 g/mol. The van der Waals surface area contributed by atoms with Crippen molar-refractivity contribution in [3.8, 4) is 5.75 Å². The zero-order valence-corrected chi connectivity index (χ0v) is 11.7. The molecule has 0 radical (unpaired) electrons. The van der Waals surface area contributed by atoms with Crippen LogP contribution in [0, 0.1) is 6.92 Å². The molecule has 1 heterocycles. The number of nitrogens with zero attached hydrogens (tertiary/aromatic N) is 2. The van der Waals surface area contributed by atoms with Crippen molar-refractivity contribution in [2.75, 3.05) is 17.7 Å². The summed E-state index contributed by atoms with van der Waals surface area (Å²) in [6, 6.07) is 8.14. The van der Waals surface area contributed by atoms with Crippen LogP contribution in [0.1, 0.15) is 5.69 Å². The number of rotatable bonds is 3. The molecule has 1 aromatic carbocycles. The number of benzene rings is 1. The number of anilines is 2. The minimum atomic E-state index is -0.458. The number of halogens is 1. The van der Waals surface area contributed by atoms with E-state index in [9.17, 15) is 4.79 Å². The number of aromatic nitrogens is 2. The van der Waals surface area contributed by atoms with Crippen molar-refractivity contribution in [3.05, 3.63) is 41.2 Å². The maximum absolute atomic E-state index is 11.8. The molecule has 1 aromatic heterocycles. The Morgan fingerprint density at radius 3 is 2.75 bits per heavy atom. The van der Waals surface area contributed by atoms with E-state index in [1.807, 2.05) is 0 Å². The number of carbonyl (C=O) groups excluding carboxylic acids is 1. The highest BCUT2D eigenvalue weighted by Gasteiger charge is 2.07. The summed E-state index contributed by atoms with van der Waals surface area (Å²) >= 11 is 5.79. The average Bonchev–Trinajstić information content (AvgIpc) is 2.37. The van der Waals surface area contributed by atoms with Gasteiger partial charge in [0.1, 0.15) is 10.9 Å². The highest BCUT2D eigenvalue weighted by Crippen LogP contribution is 2.17. The van der Waals surface area contributed by atoms with Gasteiger partial charge >= 0.3 is 6.03 Å². The fourth-order valence-corrected chi connectivity index (χ4v) is 1.79. The maximum Gasteiger partial charge on any atom is 0.326 e. The van der Waals surface area contributed by atoms with Crippen molar-refractivity contribution in [3.63, 3.8) is 0 Å². The van der Waals surface area contributed by atoms with Crippen molar-refractivity contribution in [2.24, 2.45) is 0 Å². The Hall–Kier alpha value is -2.34. The Balaban J connectivity index is 2.04. The molecule has 2 amide bonds. The number of hydrogen-bond donors (Lipinski definition) is 2. The van der Waals surface area contributed by atoms with Crippen molar-refractivity contribution in [1.82, 2.24) is 9.97 Å². The van der Waals surface area contributed by atoms with Crippen molar-refractivity contribution in [2.45, 2.75) is 6.92 Å². The van der Waals surface area contributed by atoms with Crippen molar-refractivity contribution in [1.29, 1.82) is 0 Å². The van der Waals surface area contributed by atoms with E-state index in [4.69, 9.17) is 16.3 Å². The van der Waals surface area contributed by atoms with E-state index in [1.165, 1.54) is 0 Å². The zero-order chi connectivity index (χ0) is 14.5.